The van der Waals surface area contributed by atoms with Crippen molar-refractivity contribution in [2.24, 2.45) is 5.92 Å². The molecule has 0 aromatic rings. The van der Waals surface area contributed by atoms with Crippen LogP contribution < -0.4 is 5.32 Å². The summed E-state index contributed by atoms with van der Waals surface area (Å²) in [5, 5.41) is 3.38. The van der Waals surface area contributed by atoms with Crippen LogP contribution in [0.4, 0.5) is 0 Å². The zero-order valence-electron chi connectivity index (χ0n) is 12.7. The Kier molecular flexibility index (Phi) is 4.85. The highest BCUT2D eigenvalue weighted by Gasteiger charge is 2.27. The predicted octanol–water partition coefficient (Wildman–Crippen LogP) is 1.32. The summed E-state index contributed by atoms with van der Waals surface area (Å²) in [5.41, 5.74) is 0.100. The zero-order chi connectivity index (χ0) is 13.9. The molecule has 1 aliphatic heterocycles. The van der Waals surface area contributed by atoms with Crippen LogP contribution in [-0.2, 0) is 4.79 Å². The Bertz CT molecular complexity index is 299. The molecule has 0 aromatic heterocycles. The van der Waals surface area contributed by atoms with Crippen molar-refractivity contribution >= 4 is 5.91 Å². The van der Waals surface area contributed by atoms with Crippen LogP contribution in [-0.4, -0.2) is 60.5 Å². The third-order valence-corrected chi connectivity index (χ3v) is 3.93. The summed E-state index contributed by atoms with van der Waals surface area (Å²) in [6.45, 7) is 12.4. The molecule has 0 aromatic carbocycles. The maximum Gasteiger partial charge on any atom is 0.223 e. The standard InChI is InChI=1S/C15H29N3O/c1-15(2,3)16-7-6-14(19)18-10-8-17(9-11-18)12-13-4-5-13/h13,16H,4-12H2,1-3H3. The molecule has 1 saturated heterocycles. The van der Waals surface area contributed by atoms with Gasteiger partial charge in [-0.05, 0) is 39.5 Å². The lowest BCUT2D eigenvalue weighted by atomic mass is 10.1. The Hall–Kier alpha value is -0.610. The van der Waals surface area contributed by atoms with Gasteiger partial charge >= 0.3 is 0 Å². The highest BCUT2D eigenvalue weighted by Crippen LogP contribution is 2.29. The van der Waals surface area contributed by atoms with Gasteiger partial charge in [0.1, 0.15) is 0 Å². The number of hydrogen-bond acceptors (Lipinski definition) is 3. The fourth-order valence-electron chi connectivity index (χ4n) is 2.55. The first-order valence-corrected chi connectivity index (χ1v) is 7.69. The van der Waals surface area contributed by atoms with E-state index in [2.05, 4.69) is 31.0 Å². The molecule has 1 aliphatic carbocycles. The van der Waals surface area contributed by atoms with Crippen LogP contribution in [0.5, 0.6) is 0 Å². The maximum absolute atomic E-state index is 12.1. The minimum Gasteiger partial charge on any atom is -0.340 e. The van der Waals surface area contributed by atoms with E-state index in [0.29, 0.717) is 12.3 Å². The summed E-state index contributed by atoms with van der Waals surface area (Å²) in [6.07, 6.45) is 3.45. The highest BCUT2D eigenvalue weighted by molar-refractivity contribution is 5.76. The molecular weight excluding hydrogens is 238 g/mol. The molecule has 2 fully saturated rings. The second kappa shape index (κ2) is 6.23. The van der Waals surface area contributed by atoms with E-state index in [1.165, 1.54) is 19.4 Å². The van der Waals surface area contributed by atoms with E-state index in [0.717, 1.165) is 38.6 Å². The monoisotopic (exact) mass is 267 g/mol. The maximum atomic E-state index is 12.1. The van der Waals surface area contributed by atoms with Gasteiger partial charge in [-0.2, -0.15) is 0 Å². The average molecular weight is 267 g/mol. The molecule has 2 rings (SSSR count). The Morgan fingerprint density at radius 2 is 1.79 bits per heavy atom. The van der Waals surface area contributed by atoms with Crippen molar-refractivity contribution in [2.75, 3.05) is 39.3 Å². The van der Waals surface area contributed by atoms with E-state index in [-0.39, 0.29) is 5.54 Å². The molecule has 1 N–H and O–H groups in total. The molecule has 1 saturated carbocycles. The molecule has 0 spiro atoms. The van der Waals surface area contributed by atoms with E-state index < -0.39 is 0 Å². The smallest absolute Gasteiger partial charge is 0.223 e. The predicted molar refractivity (Wildman–Crippen MR) is 78.1 cm³/mol. The number of nitrogens with zero attached hydrogens (tertiary/aromatic N) is 2. The van der Waals surface area contributed by atoms with Gasteiger partial charge in [0.15, 0.2) is 0 Å². The van der Waals surface area contributed by atoms with Crippen molar-refractivity contribution in [3.05, 3.63) is 0 Å². The second-order valence-electron chi connectivity index (χ2n) is 7.05. The van der Waals surface area contributed by atoms with Gasteiger partial charge in [0.2, 0.25) is 5.91 Å². The van der Waals surface area contributed by atoms with Gasteiger partial charge in [0.05, 0.1) is 0 Å². The normalized spacial score (nSPS) is 21.7. The van der Waals surface area contributed by atoms with Crippen molar-refractivity contribution in [1.82, 2.24) is 15.1 Å². The fraction of sp³-hybridized carbons (Fsp3) is 0.933. The van der Waals surface area contributed by atoms with Crippen molar-refractivity contribution in [3.8, 4) is 0 Å². The fourth-order valence-corrected chi connectivity index (χ4v) is 2.55. The molecule has 4 nitrogen and oxygen atoms in total. The zero-order valence-corrected chi connectivity index (χ0v) is 12.7. The van der Waals surface area contributed by atoms with Gasteiger partial charge in [0, 0.05) is 51.2 Å². The van der Waals surface area contributed by atoms with Crippen LogP contribution in [0, 0.1) is 5.92 Å². The number of carbonyl (C=O) groups excluding carboxylic acids is 1. The molecular formula is C15H29N3O. The number of carbonyl (C=O) groups is 1. The summed E-state index contributed by atoms with van der Waals surface area (Å²) >= 11 is 0. The van der Waals surface area contributed by atoms with E-state index in [9.17, 15) is 4.79 Å². The third kappa shape index (κ3) is 5.49. The molecule has 1 amide bonds. The quantitative estimate of drug-likeness (QED) is 0.816. The minimum absolute atomic E-state index is 0.100. The van der Waals surface area contributed by atoms with E-state index >= 15 is 0 Å². The van der Waals surface area contributed by atoms with Gasteiger partial charge in [-0.25, -0.2) is 0 Å². The molecule has 4 heteroatoms. The number of amides is 1. The first-order chi connectivity index (χ1) is 8.94. The van der Waals surface area contributed by atoms with Gasteiger partial charge in [0.25, 0.3) is 0 Å². The topological polar surface area (TPSA) is 35.6 Å². The minimum atomic E-state index is 0.100. The van der Waals surface area contributed by atoms with Crippen LogP contribution in [0.3, 0.4) is 0 Å². The summed E-state index contributed by atoms with van der Waals surface area (Å²) in [6, 6.07) is 0. The van der Waals surface area contributed by atoms with Crippen molar-refractivity contribution in [2.45, 2.75) is 45.6 Å². The van der Waals surface area contributed by atoms with Gasteiger partial charge in [-0.1, -0.05) is 0 Å². The van der Waals surface area contributed by atoms with Crippen molar-refractivity contribution in [1.29, 1.82) is 0 Å². The first-order valence-electron chi connectivity index (χ1n) is 7.69. The van der Waals surface area contributed by atoms with Crippen LogP contribution in [0.25, 0.3) is 0 Å². The van der Waals surface area contributed by atoms with Gasteiger partial charge < -0.3 is 10.2 Å². The summed E-state index contributed by atoms with van der Waals surface area (Å²) < 4.78 is 0. The van der Waals surface area contributed by atoms with E-state index in [1.54, 1.807) is 0 Å². The molecule has 0 bridgehead atoms. The van der Waals surface area contributed by atoms with Crippen LogP contribution in [0.2, 0.25) is 0 Å². The molecule has 0 atom stereocenters. The van der Waals surface area contributed by atoms with Crippen molar-refractivity contribution < 1.29 is 4.79 Å². The average Bonchev–Trinajstić information content (AvgIpc) is 3.12. The van der Waals surface area contributed by atoms with E-state index in [4.69, 9.17) is 0 Å². The lowest BCUT2D eigenvalue weighted by Crippen LogP contribution is -2.49. The van der Waals surface area contributed by atoms with Gasteiger partial charge in [-0.3, -0.25) is 9.69 Å². The van der Waals surface area contributed by atoms with Gasteiger partial charge in [-0.15, -0.1) is 0 Å². The SMILES string of the molecule is CC(C)(C)NCCC(=O)N1CCN(CC2CC2)CC1. The summed E-state index contributed by atoms with van der Waals surface area (Å²) in [7, 11) is 0. The van der Waals surface area contributed by atoms with Crippen LogP contribution in [0.15, 0.2) is 0 Å². The van der Waals surface area contributed by atoms with Crippen LogP contribution >= 0.6 is 0 Å². The number of hydrogen-bond donors (Lipinski definition) is 1. The molecule has 0 radical (unpaired) electrons. The lowest BCUT2D eigenvalue weighted by molar-refractivity contribution is -0.132. The lowest BCUT2D eigenvalue weighted by Gasteiger charge is -2.35. The number of nitrogens with one attached hydrogen (secondary N) is 1. The Labute approximate surface area is 117 Å². The Balaban J connectivity index is 1.61. The summed E-state index contributed by atoms with van der Waals surface area (Å²) in [5.74, 6) is 1.26. The molecule has 1 heterocycles. The van der Waals surface area contributed by atoms with E-state index in [1.807, 2.05) is 4.90 Å². The first kappa shape index (κ1) is 14.8. The molecule has 0 unspecified atom stereocenters. The third-order valence-electron chi connectivity index (χ3n) is 3.93. The second-order valence-corrected chi connectivity index (χ2v) is 7.05. The molecule has 19 heavy (non-hydrogen) atoms. The molecule has 110 valence electrons. The van der Waals surface area contributed by atoms with Crippen LogP contribution in [0.1, 0.15) is 40.0 Å². The largest absolute Gasteiger partial charge is 0.340 e. The molecule has 2 aliphatic rings. The van der Waals surface area contributed by atoms with Crippen molar-refractivity contribution in [3.63, 3.8) is 0 Å². The summed E-state index contributed by atoms with van der Waals surface area (Å²) in [4.78, 5) is 16.7. The Morgan fingerprint density at radius 1 is 1.16 bits per heavy atom. The Morgan fingerprint density at radius 3 is 2.32 bits per heavy atom. The highest BCUT2D eigenvalue weighted by atomic mass is 16.2. The number of piperazine rings is 1. The number of rotatable bonds is 5.